The van der Waals surface area contributed by atoms with Gasteiger partial charge in [0.25, 0.3) is 0 Å². The maximum Gasteiger partial charge on any atom is 0.158 e. The molecule has 1 spiro atoms. The van der Waals surface area contributed by atoms with Crippen LogP contribution in [0.5, 0.6) is 0 Å². The van der Waals surface area contributed by atoms with E-state index in [9.17, 15) is 0 Å². The Morgan fingerprint density at radius 2 is 1.96 bits per heavy atom. The van der Waals surface area contributed by atoms with Crippen LogP contribution in [0.2, 0.25) is 5.02 Å². The van der Waals surface area contributed by atoms with Crippen molar-refractivity contribution in [1.29, 1.82) is 0 Å². The topological polar surface area (TPSA) is 90.3 Å². The molecule has 0 aliphatic carbocycles. The zero-order valence-electron chi connectivity index (χ0n) is 14.9. The predicted octanol–water partition coefficient (Wildman–Crippen LogP) is 3.84. The lowest BCUT2D eigenvalue weighted by Gasteiger charge is -2.38. The molecule has 9 heteroatoms. The first-order chi connectivity index (χ1) is 13.1. The number of nitrogens with zero attached hydrogens (tertiary/aromatic N) is 3. The van der Waals surface area contributed by atoms with Crippen LogP contribution in [0.3, 0.4) is 0 Å². The molecule has 144 valence electrons. The first-order valence-electron chi connectivity index (χ1n) is 8.89. The van der Waals surface area contributed by atoms with Crippen LogP contribution in [0.25, 0.3) is 0 Å². The van der Waals surface area contributed by atoms with Crippen molar-refractivity contribution >= 4 is 46.9 Å². The summed E-state index contributed by atoms with van der Waals surface area (Å²) in [6, 6.07) is 5.72. The van der Waals surface area contributed by atoms with Gasteiger partial charge < -0.3 is 15.4 Å². The van der Waals surface area contributed by atoms with E-state index in [1.807, 2.05) is 18.2 Å². The molecule has 6 nitrogen and oxygen atoms in total. The van der Waals surface area contributed by atoms with Crippen molar-refractivity contribution in [2.45, 2.75) is 34.1 Å². The van der Waals surface area contributed by atoms with Crippen molar-refractivity contribution in [3.05, 3.63) is 29.4 Å². The van der Waals surface area contributed by atoms with Crippen LogP contribution in [0.4, 0.5) is 11.6 Å². The monoisotopic (exact) mass is 423 g/mol. The van der Waals surface area contributed by atoms with Crippen LogP contribution in [-0.2, 0) is 4.74 Å². The number of nitrogen functional groups attached to an aromatic ring is 1. The minimum Gasteiger partial charge on any atom is -0.381 e. The van der Waals surface area contributed by atoms with Gasteiger partial charge in [0.1, 0.15) is 10.8 Å². The summed E-state index contributed by atoms with van der Waals surface area (Å²) in [7, 11) is 0. The summed E-state index contributed by atoms with van der Waals surface area (Å²) in [4.78, 5) is 13.1. The van der Waals surface area contributed by atoms with Gasteiger partial charge >= 0.3 is 0 Å². The lowest BCUT2D eigenvalue weighted by Crippen LogP contribution is -2.41. The Kier molecular flexibility index (Phi) is 5.70. The van der Waals surface area contributed by atoms with Crippen molar-refractivity contribution in [2.75, 3.05) is 36.9 Å². The second-order valence-corrected chi connectivity index (χ2v) is 9.08. The predicted molar refractivity (Wildman–Crippen MR) is 111 cm³/mol. The quantitative estimate of drug-likeness (QED) is 0.717. The lowest BCUT2D eigenvalue weighted by atomic mass is 9.78. The van der Waals surface area contributed by atoms with Crippen LogP contribution in [0, 0.1) is 5.41 Å². The highest BCUT2D eigenvalue weighted by Crippen LogP contribution is 2.41. The molecule has 2 fully saturated rings. The van der Waals surface area contributed by atoms with Gasteiger partial charge in [0.05, 0.1) is 17.8 Å². The smallest absolute Gasteiger partial charge is 0.158 e. The van der Waals surface area contributed by atoms with E-state index in [0.717, 1.165) is 66.7 Å². The van der Waals surface area contributed by atoms with Gasteiger partial charge in [-0.15, -0.1) is 0 Å². The molecule has 4 rings (SSSR count). The number of halogens is 1. The van der Waals surface area contributed by atoms with Gasteiger partial charge in [-0.25, -0.2) is 9.97 Å². The zero-order chi connectivity index (χ0) is 18.9. The molecule has 0 bridgehead atoms. The van der Waals surface area contributed by atoms with E-state index >= 15 is 0 Å². The molecule has 3 heterocycles. The molecule has 2 aromatic rings. The molecule has 2 aliphatic heterocycles. The molecule has 0 radical (unpaired) electrons. The van der Waals surface area contributed by atoms with Gasteiger partial charge in [0.15, 0.2) is 5.82 Å². The van der Waals surface area contributed by atoms with Gasteiger partial charge in [-0.05, 0) is 48.8 Å². The molecule has 1 aromatic heterocycles. The second kappa shape index (κ2) is 8.05. The fraction of sp³-hybridized carbons (Fsp3) is 0.444. The highest BCUT2D eigenvalue weighted by atomic mass is 35.5. The molecule has 2 aliphatic rings. The summed E-state index contributed by atoms with van der Waals surface area (Å²) >= 11 is 8.93. The summed E-state index contributed by atoms with van der Waals surface area (Å²) in [5, 5.41) is 6.91. The Labute approximate surface area is 172 Å². The minimum atomic E-state index is 0.369. The van der Waals surface area contributed by atoms with Crippen molar-refractivity contribution in [3.63, 3.8) is 0 Å². The molecule has 0 saturated carbocycles. The third-order valence-electron chi connectivity index (χ3n) is 5.35. The normalized spacial score (nSPS) is 19.0. The summed E-state index contributed by atoms with van der Waals surface area (Å²) in [6.45, 7) is 3.72. The third-order valence-corrected chi connectivity index (χ3v) is 7.64. The molecule has 2 saturated heterocycles. The SMILES string of the molecule is NSc1cccc(Sc2ncc(N3CCC4(CCOC4)CC3)nc2N)c1Cl. The maximum absolute atomic E-state index is 6.39. The van der Waals surface area contributed by atoms with Gasteiger partial charge in [0, 0.05) is 29.5 Å². The Balaban J connectivity index is 1.47. The van der Waals surface area contributed by atoms with Crippen molar-refractivity contribution in [1.82, 2.24) is 9.97 Å². The van der Waals surface area contributed by atoms with E-state index in [1.54, 1.807) is 6.20 Å². The Morgan fingerprint density at radius 1 is 1.19 bits per heavy atom. The molecule has 4 N–H and O–H groups in total. The number of nitrogens with two attached hydrogens (primary N) is 2. The van der Waals surface area contributed by atoms with E-state index in [0.29, 0.717) is 21.3 Å². The maximum atomic E-state index is 6.39. The highest BCUT2D eigenvalue weighted by molar-refractivity contribution is 7.99. The number of anilines is 2. The summed E-state index contributed by atoms with van der Waals surface area (Å²) in [6.07, 6.45) is 5.23. The Hall–Kier alpha value is -1.19. The number of piperidine rings is 1. The summed E-state index contributed by atoms with van der Waals surface area (Å²) in [5.41, 5.74) is 6.57. The molecule has 0 unspecified atom stereocenters. The van der Waals surface area contributed by atoms with Gasteiger partial charge in [0.2, 0.25) is 0 Å². The Bertz CT molecular complexity index is 821. The number of benzene rings is 1. The standard InChI is InChI=1S/C18H22ClN5OS2/c19-15-12(2-1-3-13(15)27-21)26-17-16(20)23-14(10-22-17)24-7-4-18(5-8-24)6-9-25-11-18/h1-3,10H,4-9,11,21H2,(H2,20,23). The third kappa shape index (κ3) is 4.00. The van der Waals surface area contributed by atoms with E-state index < -0.39 is 0 Å². The fourth-order valence-electron chi connectivity index (χ4n) is 3.63. The first-order valence-corrected chi connectivity index (χ1v) is 11.0. The van der Waals surface area contributed by atoms with E-state index in [4.69, 9.17) is 27.2 Å². The van der Waals surface area contributed by atoms with Crippen LogP contribution < -0.4 is 15.8 Å². The van der Waals surface area contributed by atoms with Crippen molar-refractivity contribution in [3.8, 4) is 0 Å². The number of hydrogen-bond acceptors (Lipinski definition) is 8. The molecule has 0 atom stereocenters. The number of hydrogen-bond donors (Lipinski definition) is 2. The Morgan fingerprint density at radius 3 is 2.63 bits per heavy atom. The number of ether oxygens (including phenoxy) is 1. The van der Waals surface area contributed by atoms with Gasteiger partial charge in [-0.1, -0.05) is 29.4 Å². The van der Waals surface area contributed by atoms with Crippen LogP contribution >= 0.6 is 35.3 Å². The minimum absolute atomic E-state index is 0.369. The van der Waals surface area contributed by atoms with Crippen LogP contribution in [0.15, 0.2) is 39.2 Å². The summed E-state index contributed by atoms with van der Waals surface area (Å²) in [5.74, 6) is 1.26. The largest absolute Gasteiger partial charge is 0.381 e. The van der Waals surface area contributed by atoms with Crippen molar-refractivity contribution < 1.29 is 4.74 Å². The van der Waals surface area contributed by atoms with Crippen molar-refractivity contribution in [2.24, 2.45) is 10.6 Å². The van der Waals surface area contributed by atoms with Gasteiger partial charge in [-0.2, -0.15) is 0 Å². The van der Waals surface area contributed by atoms with E-state index in [2.05, 4.69) is 14.9 Å². The van der Waals surface area contributed by atoms with Gasteiger partial charge in [-0.3, -0.25) is 5.14 Å². The average molecular weight is 424 g/mol. The first kappa shape index (κ1) is 19.1. The second-order valence-electron chi connectivity index (χ2n) is 7.00. The average Bonchev–Trinajstić information content (AvgIpc) is 3.13. The molecular formula is C18H22ClN5OS2. The highest BCUT2D eigenvalue weighted by Gasteiger charge is 2.38. The van der Waals surface area contributed by atoms with Crippen LogP contribution in [0.1, 0.15) is 19.3 Å². The number of aromatic nitrogens is 2. The molecule has 27 heavy (non-hydrogen) atoms. The lowest BCUT2D eigenvalue weighted by molar-refractivity contribution is 0.133. The van der Waals surface area contributed by atoms with Crippen LogP contribution in [-0.4, -0.2) is 36.3 Å². The summed E-state index contributed by atoms with van der Waals surface area (Å²) < 4.78 is 5.61. The van der Waals surface area contributed by atoms with E-state index in [1.165, 1.54) is 18.2 Å². The zero-order valence-corrected chi connectivity index (χ0v) is 17.2. The number of rotatable bonds is 4. The molecule has 0 amide bonds. The fourth-order valence-corrected chi connectivity index (χ4v) is 5.25. The molecule has 1 aromatic carbocycles. The molecular weight excluding hydrogens is 402 g/mol. The van der Waals surface area contributed by atoms with E-state index in [-0.39, 0.29) is 0 Å².